The Morgan fingerprint density at radius 1 is 1.25 bits per heavy atom. The minimum absolute atomic E-state index is 0.195. The molecule has 0 fully saturated rings. The number of aromatic nitrogens is 2. The van der Waals surface area contributed by atoms with Crippen LogP contribution in [-0.4, -0.2) is 28.0 Å². The molecule has 7 heteroatoms. The van der Waals surface area contributed by atoms with E-state index in [-0.39, 0.29) is 5.91 Å². The molecule has 130 valence electrons. The Kier molecular flexibility index (Phi) is 7.05. The van der Waals surface area contributed by atoms with Crippen LogP contribution in [0.5, 0.6) is 5.75 Å². The molecular formula is C17H23N3O2S2. The second-order valence-corrected chi connectivity index (χ2v) is 7.87. The van der Waals surface area contributed by atoms with Gasteiger partial charge in [0.15, 0.2) is 10.4 Å². The lowest BCUT2D eigenvalue weighted by Crippen LogP contribution is -2.32. The summed E-state index contributed by atoms with van der Waals surface area (Å²) in [6, 6.07) is 5.95. The molecular weight excluding hydrogens is 342 g/mol. The summed E-state index contributed by atoms with van der Waals surface area (Å²) in [6.07, 6.45) is 1.10. The smallest absolute Gasteiger partial charge is 0.267 e. The molecule has 5 nitrogen and oxygen atoms in total. The van der Waals surface area contributed by atoms with E-state index in [4.69, 9.17) is 4.74 Å². The van der Waals surface area contributed by atoms with Crippen LogP contribution in [0.1, 0.15) is 37.8 Å². The monoisotopic (exact) mass is 365 g/mol. The number of carbonyl (C=O) groups excluding carboxylic acids is 1. The number of anilines is 1. The Morgan fingerprint density at radius 2 is 1.96 bits per heavy atom. The van der Waals surface area contributed by atoms with Gasteiger partial charge in [0.1, 0.15) is 5.75 Å². The third-order valence-corrected chi connectivity index (χ3v) is 5.38. The molecule has 0 aliphatic heterocycles. The first-order valence-corrected chi connectivity index (χ1v) is 9.84. The van der Waals surface area contributed by atoms with Crippen molar-refractivity contribution in [2.75, 3.05) is 11.1 Å². The number of amides is 1. The van der Waals surface area contributed by atoms with Crippen LogP contribution in [0.3, 0.4) is 0 Å². The molecule has 0 spiro atoms. The van der Waals surface area contributed by atoms with Crippen molar-refractivity contribution in [2.45, 2.75) is 51.0 Å². The molecule has 0 radical (unpaired) electrons. The highest BCUT2D eigenvalue weighted by Gasteiger charge is 2.20. The topological polar surface area (TPSA) is 64.1 Å². The number of thioether (sulfide) groups is 1. The lowest BCUT2D eigenvalue weighted by molar-refractivity contribution is -0.122. The van der Waals surface area contributed by atoms with Gasteiger partial charge in [0.05, 0.1) is 0 Å². The van der Waals surface area contributed by atoms with E-state index >= 15 is 0 Å². The van der Waals surface area contributed by atoms with Crippen LogP contribution in [0, 0.1) is 13.8 Å². The third-order valence-electron chi connectivity index (χ3n) is 3.20. The molecule has 0 saturated carbocycles. The first-order chi connectivity index (χ1) is 11.5. The summed E-state index contributed by atoms with van der Waals surface area (Å²) < 4.78 is 6.74. The normalized spacial score (nSPS) is 12.0. The fourth-order valence-electron chi connectivity index (χ4n) is 2.18. The number of nitrogens with one attached hydrogen (secondary N) is 1. The first kappa shape index (κ1) is 18.7. The van der Waals surface area contributed by atoms with Gasteiger partial charge in [-0.1, -0.05) is 43.0 Å². The number of carbonyl (C=O) groups is 1. The highest BCUT2D eigenvalue weighted by molar-refractivity contribution is 8.01. The fraction of sp³-hybridized carbons (Fsp3) is 0.471. The second-order valence-electron chi connectivity index (χ2n) is 5.55. The van der Waals surface area contributed by atoms with E-state index in [1.54, 1.807) is 11.8 Å². The van der Waals surface area contributed by atoms with Gasteiger partial charge in [-0.15, -0.1) is 10.2 Å². The van der Waals surface area contributed by atoms with Crippen LogP contribution in [0.4, 0.5) is 5.13 Å². The average molecular weight is 366 g/mol. The number of benzene rings is 1. The van der Waals surface area contributed by atoms with E-state index < -0.39 is 6.10 Å². The van der Waals surface area contributed by atoms with Gasteiger partial charge in [-0.3, -0.25) is 10.1 Å². The first-order valence-electron chi connectivity index (χ1n) is 8.04. The van der Waals surface area contributed by atoms with Crippen LogP contribution >= 0.6 is 23.1 Å². The number of aryl methyl sites for hydroxylation is 2. The molecule has 0 aliphatic rings. The highest BCUT2D eigenvalue weighted by Crippen LogP contribution is 2.26. The van der Waals surface area contributed by atoms with Gasteiger partial charge in [0, 0.05) is 5.75 Å². The maximum Gasteiger partial charge on any atom is 0.267 e. The lowest BCUT2D eigenvalue weighted by Gasteiger charge is -2.17. The molecule has 1 N–H and O–H groups in total. The predicted molar refractivity (Wildman–Crippen MR) is 100 cm³/mol. The zero-order valence-corrected chi connectivity index (χ0v) is 16.1. The Labute approximate surface area is 151 Å². The van der Waals surface area contributed by atoms with Crippen molar-refractivity contribution in [2.24, 2.45) is 0 Å². The number of hydrogen-bond donors (Lipinski definition) is 1. The van der Waals surface area contributed by atoms with Crippen molar-refractivity contribution in [1.82, 2.24) is 10.2 Å². The quantitative estimate of drug-likeness (QED) is 0.553. The Hall–Kier alpha value is -1.60. The number of ether oxygens (including phenoxy) is 1. The highest BCUT2D eigenvalue weighted by atomic mass is 32.2. The van der Waals surface area contributed by atoms with E-state index in [9.17, 15) is 4.79 Å². The van der Waals surface area contributed by atoms with Gasteiger partial charge in [-0.05, 0) is 49.9 Å². The van der Waals surface area contributed by atoms with Crippen LogP contribution in [0.2, 0.25) is 0 Å². The summed E-state index contributed by atoms with van der Waals surface area (Å²) in [6.45, 7) is 8.07. The molecule has 24 heavy (non-hydrogen) atoms. The zero-order valence-electron chi connectivity index (χ0n) is 14.5. The molecule has 1 atom stereocenters. The number of rotatable bonds is 8. The molecule has 0 aliphatic carbocycles. The Balaban J connectivity index is 1.99. The molecule has 1 unspecified atom stereocenters. The molecule has 1 aromatic carbocycles. The average Bonchev–Trinajstić information content (AvgIpc) is 2.97. The van der Waals surface area contributed by atoms with Gasteiger partial charge < -0.3 is 4.74 Å². The standard InChI is InChI=1S/C17H23N3O2S2/c1-5-7-23-17-20-19-16(24-17)18-15(21)14(6-2)22-13-9-11(3)8-12(4)10-13/h8-10,14H,5-7H2,1-4H3,(H,18,19,21). The summed E-state index contributed by atoms with van der Waals surface area (Å²) >= 11 is 3.04. The number of hydrogen-bond acceptors (Lipinski definition) is 6. The SMILES string of the molecule is CCCSc1nnc(NC(=O)C(CC)Oc2cc(C)cc(C)c2)s1. The van der Waals surface area contributed by atoms with Gasteiger partial charge in [0.2, 0.25) is 5.13 Å². The second kappa shape index (κ2) is 9.03. The molecule has 0 bridgehead atoms. The van der Waals surface area contributed by atoms with E-state index in [0.717, 1.165) is 27.6 Å². The van der Waals surface area contributed by atoms with Crippen molar-refractivity contribution < 1.29 is 9.53 Å². The van der Waals surface area contributed by atoms with Gasteiger partial charge in [-0.2, -0.15) is 0 Å². The van der Waals surface area contributed by atoms with E-state index in [0.29, 0.717) is 17.3 Å². The summed E-state index contributed by atoms with van der Waals surface area (Å²) in [4.78, 5) is 12.4. The van der Waals surface area contributed by atoms with E-state index in [2.05, 4.69) is 28.5 Å². The molecule has 2 rings (SSSR count). The molecule has 0 saturated heterocycles. The summed E-state index contributed by atoms with van der Waals surface area (Å²) in [5.41, 5.74) is 2.23. The van der Waals surface area contributed by atoms with Crippen molar-refractivity contribution >= 4 is 34.1 Å². The molecule has 2 aromatic rings. The van der Waals surface area contributed by atoms with Crippen LogP contribution in [-0.2, 0) is 4.79 Å². The fourth-order valence-corrected chi connectivity index (χ4v) is 3.86. The summed E-state index contributed by atoms with van der Waals surface area (Å²) in [5.74, 6) is 1.52. The van der Waals surface area contributed by atoms with Gasteiger partial charge >= 0.3 is 0 Å². The Morgan fingerprint density at radius 3 is 2.58 bits per heavy atom. The van der Waals surface area contributed by atoms with E-state index in [1.807, 2.05) is 32.9 Å². The minimum Gasteiger partial charge on any atom is -0.481 e. The molecule has 1 amide bonds. The van der Waals surface area contributed by atoms with E-state index in [1.165, 1.54) is 11.3 Å². The van der Waals surface area contributed by atoms with Crippen LogP contribution in [0.15, 0.2) is 22.5 Å². The third kappa shape index (κ3) is 5.49. The maximum atomic E-state index is 12.4. The Bertz CT molecular complexity index is 668. The van der Waals surface area contributed by atoms with Crippen LogP contribution in [0.25, 0.3) is 0 Å². The van der Waals surface area contributed by atoms with Crippen molar-refractivity contribution in [3.05, 3.63) is 29.3 Å². The van der Waals surface area contributed by atoms with Crippen molar-refractivity contribution in [3.8, 4) is 5.75 Å². The van der Waals surface area contributed by atoms with Crippen molar-refractivity contribution in [3.63, 3.8) is 0 Å². The lowest BCUT2D eigenvalue weighted by atomic mass is 10.1. The maximum absolute atomic E-state index is 12.4. The van der Waals surface area contributed by atoms with Crippen molar-refractivity contribution in [1.29, 1.82) is 0 Å². The molecule has 1 aromatic heterocycles. The van der Waals surface area contributed by atoms with Gasteiger partial charge in [0.25, 0.3) is 5.91 Å². The zero-order chi connectivity index (χ0) is 17.5. The summed E-state index contributed by atoms with van der Waals surface area (Å²) in [7, 11) is 0. The number of nitrogens with zero attached hydrogens (tertiary/aromatic N) is 2. The predicted octanol–water partition coefficient (Wildman–Crippen LogP) is 4.45. The molecule has 1 heterocycles. The largest absolute Gasteiger partial charge is 0.481 e. The summed E-state index contributed by atoms with van der Waals surface area (Å²) in [5, 5.41) is 11.4. The van der Waals surface area contributed by atoms with Crippen LogP contribution < -0.4 is 10.1 Å². The minimum atomic E-state index is -0.554. The van der Waals surface area contributed by atoms with Gasteiger partial charge in [-0.25, -0.2) is 0 Å².